The largest absolute Gasteiger partial charge is 0.390 e. The van der Waals surface area contributed by atoms with E-state index in [2.05, 4.69) is 49.9 Å². The lowest BCUT2D eigenvalue weighted by Crippen LogP contribution is -2.08. The highest BCUT2D eigenvalue weighted by molar-refractivity contribution is 6.30. The van der Waals surface area contributed by atoms with Crippen LogP contribution in [0.3, 0.4) is 0 Å². The van der Waals surface area contributed by atoms with E-state index in [1.54, 1.807) is 0 Å². The molecule has 0 aliphatic rings. The quantitative estimate of drug-likeness (QED) is 0.440. The third kappa shape index (κ3) is 4.03. The summed E-state index contributed by atoms with van der Waals surface area (Å²) in [6, 6.07) is 16.2. The van der Waals surface area contributed by atoms with E-state index < -0.39 is 0 Å². The number of H-pyrrole nitrogens is 1. The summed E-state index contributed by atoms with van der Waals surface area (Å²) in [7, 11) is 0. The van der Waals surface area contributed by atoms with Crippen LogP contribution < -0.4 is 0 Å². The molecule has 2 N–H and O–H groups in total. The molecule has 0 radical (unpaired) electrons. The lowest BCUT2D eigenvalue weighted by Gasteiger charge is -2.12. The normalized spacial score (nSPS) is 11.4. The number of rotatable bonds is 7. The molecule has 0 fully saturated rings. The van der Waals surface area contributed by atoms with Crippen LogP contribution in [0.15, 0.2) is 60.7 Å². The van der Waals surface area contributed by atoms with E-state index in [1.807, 2.05) is 47.9 Å². The smallest absolute Gasteiger partial charge is 0.205 e. The first-order valence-corrected chi connectivity index (χ1v) is 9.97. The molecule has 0 unspecified atom stereocenters. The predicted molar refractivity (Wildman–Crippen MR) is 116 cm³/mol. The SMILES string of the molecule is CC=CCc1nc(Cl)c(CO)n1Cc1ccc(-c2ccccc2-c2nn[nH]n2)cc1. The monoisotopic (exact) mass is 420 g/mol. The van der Waals surface area contributed by atoms with Crippen LogP contribution in [-0.4, -0.2) is 35.3 Å². The molecule has 2 aromatic heterocycles. The van der Waals surface area contributed by atoms with Crippen molar-refractivity contribution in [2.24, 2.45) is 0 Å². The third-order valence-electron chi connectivity index (χ3n) is 4.91. The van der Waals surface area contributed by atoms with Crippen LogP contribution >= 0.6 is 11.6 Å². The molecule has 0 aliphatic heterocycles. The van der Waals surface area contributed by atoms with E-state index in [1.165, 1.54) is 0 Å². The van der Waals surface area contributed by atoms with Gasteiger partial charge in [0.25, 0.3) is 0 Å². The van der Waals surface area contributed by atoms with E-state index in [9.17, 15) is 5.11 Å². The summed E-state index contributed by atoms with van der Waals surface area (Å²) in [5, 5.41) is 24.5. The topological polar surface area (TPSA) is 92.5 Å². The maximum absolute atomic E-state index is 9.75. The van der Waals surface area contributed by atoms with Crippen LogP contribution in [-0.2, 0) is 19.6 Å². The van der Waals surface area contributed by atoms with Crippen molar-refractivity contribution in [1.82, 2.24) is 30.2 Å². The first-order chi connectivity index (χ1) is 14.7. The van der Waals surface area contributed by atoms with Gasteiger partial charge < -0.3 is 9.67 Å². The van der Waals surface area contributed by atoms with Gasteiger partial charge in [0, 0.05) is 18.5 Å². The van der Waals surface area contributed by atoms with Crippen molar-refractivity contribution in [3.05, 3.63) is 82.9 Å². The number of benzene rings is 2. The van der Waals surface area contributed by atoms with E-state index in [-0.39, 0.29) is 6.61 Å². The van der Waals surface area contributed by atoms with Gasteiger partial charge in [-0.2, -0.15) is 5.21 Å². The number of aliphatic hydroxyl groups excluding tert-OH is 1. The predicted octanol–water partition coefficient (Wildman–Crippen LogP) is 4.04. The lowest BCUT2D eigenvalue weighted by molar-refractivity contribution is 0.271. The average Bonchev–Trinajstić information content (AvgIpc) is 3.41. The van der Waals surface area contributed by atoms with Gasteiger partial charge in [-0.3, -0.25) is 0 Å². The molecule has 0 aliphatic carbocycles. The van der Waals surface area contributed by atoms with Gasteiger partial charge in [-0.05, 0) is 28.8 Å². The Kier molecular flexibility index (Phi) is 6.02. The zero-order valence-corrected chi connectivity index (χ0v) is 17.2. The standard InChI is InChI=1S/C22H21ClN6O/c1-2-3-8-20-24-21(23)19(14-30)29(20)13-15-9-11-16(12-10-15)17-6-4-5-7-18(17)22-25-27-28-26-22/h2-7,9-12,30H,8,13-14H2,1H3,(H,25,26,27,28). The van der Waals surface area contributed by atoms with Crippen molar-refractivity contribution in [2.45, 2.75) is 26.5 Å². The number of hydrogen-bond donors (Lipinski definition) is 2. The number of nitrogens with one attached hydrogen (secondary N) is 1. The number of halogens is 1. The molecule has 0 spiro atoms. The van der Waals surface area contributed by atoms with Gasteiger partial charge >= 0.3 is 0 Å². The third-order valence-corrected chi connectivity index (χ3v) is 5.21. The Hall–Kier alpha value is -3.29. The molecule has 4 aromatic rings. The van der Waals surface area contributed by atoms with Gasteiger partial charge in [0.1, 0.15) is 5.82 Å². The number of tetrazole rings is 1. The Balaban J connectivity index is 1.64. The molecule has 4 rings (SSSR count). The van der Waals surface area contributed by atoms with Crippen LogP contribution in [0.25, 0.3) is 22.5 Å². The van der Waals surface area contributed by atoms with E-state index >= 15 is 0 Å². The molecule has 0 amide bonds. The minimum absolute atomic E-state index is 0.155. The van der Waals surface area contributed by atoms with E-state index in [4.69, 9.17) is 11.6 Å². The zero-order chi connectivity index (χ0) is 20.9. The Morgan fingerprint density at radius 2 is 1.87 bits per heavy atom. The van der Waals surface area contributed by atoms with Gasteiger partial charge in [0.2, 0.25) is 5.82 Å². The fraction of sp³-hybridized carbons (Fsp3) is 0.182. The highest BCUT2D eigenvalue weighted by Crippen LogP contribution is 2.30. The summed E-state index contributed by atoms with van der Waals surface area (Å²) >= 11 is 6.23. The molecule has 2 aromatic carbocycles. The number of allylic oxidation sites excluding steroid dienone is 2. The molecule has 0 atom stereocenters. The second-order valence-electron chi connectivity index (χ2n) is 6.76. The summed E-state index contributed by atoms with van der Waals surface area (Å²) in [5.74, 6) is 1.39. The Labute approximate surface area is 179 Å². The second-order valence-corrected chi connectivity index (χ2v) is 7.12. The van der Waals surface area contributed by atoms with Crippen molar-refractivity contribution >= 4 is 11.6 Å². The van der Waals surface area contributed by atoms with E-state index in [0.29, 0.717) is 29.6 Å². The number of aromatic nitrogens is 6. The van der Waals surface area contributed by atoms with Gasteiger partial charge in [0.05, 0.1) is 12.3 Å². The summed E-state index contributed by atoms with van der Waals surface area (Å²) in [4.78, 5) is 4.41. The summed E-state index contributed by atoms with van der Waals surface area (Å²) in [6.07, 6.45) is 4.65. The highest BCUT2D eigenvalue weighted by Gasteiger charge is 2.15. The molecule has 152 valence electrons. The van der Waals surface area contributed by atoms with Crippen molar-refractivity contribution in [3.63, 3.8) is 0 Å². The van der Waals surface area contributed by atoms with Gasteiger partial charge in [-0.25, -0.2) is 4.98 Å². The molecule has 30 heavy (non-hydrogen) atoms. The van der Waals surface area contributed by atoms with Crippen molar-refractivity contribution < 1.29 is 5.11 Å². The van der Waals surface area contributed by atoms with Crippen LogP contribution in [0.5, 0.6) is 0 Å². The maximum Gasteiger partial charge on any atom is 0.205 e. The lowest BCUT2D eigenvalue weighted by atomic mass is 9.98. The number of aliphatic hydroxyl groups is 1. The Morgan fingerprint density at radius 3 is 2.53 bits per heavy atom. The van der Waals surface area contributed by atoms with Crippen LogP contribution in [0.4, 0.5) is 0 Å². The van der Waals surface area contributed by atoms with Crippen molar-refractivity contribution in [1.29, 1.82) is 0 Å². The number of hydrogen-bond acceptors (Lipinski definition) is 5. The molecule has 2 heterocycles. The number of nitrogens with zero attached hydrogens (tertiary/aromatic N) is 5. The summed E-state index contributed by atoms with van der Waals surface area (Å²) in [6.45, 7) is 2.39. The van der Waals surface area contributed by atoms with Crippen LogP contribution in [0.2, 0.25) is 5.15 Å². The molecule has 8 heteroatoms. The molecular formula is C22H21ClN6O. The number of imidazole rings is 1. The fourth-order valence-electron chi connectivity index (χ4n) is 3.40. The molecule has 0 bridgehead atoms. The molecular weight excluding hydrogens is 400 g/mol. The van der Waals surface area contributed by atoms with Crippen LogP contribution in [0, 0.1) is 0 Å². The van der Waals surface area contributed by atoms with Crippen LogP contribution in [0.1, 0.15) is 24.0 Å². The number of aromatic amines is 1. The first kappa shape index (κ1) is 20.0. The highest BCUT2D eigenvalue weighted by atomic mass is 35.5. The summed E-state index contributed by atoms with van der Waals surface area (Å²) < 4.78 is 1.98. The molecule has 7 nitrogen and oxygen atoms in total. The molecule has 0 saturated heterocycles. The van der Waals surface area contributed by atoms with Gasteiger partial charge in [-0.15, -0.1) is 10.2 Å². The van der Waals surface area contributed by atoms with Crippen molar-refractivity contribution in [2.75, 3.05) is 0 Å². The second kappa shape index (κ2) is 9.02. The Bertz CT molecular complexity index is 1150. The fourth-order valence-corrected chi connectivity index (χ4v) is 3.66. The van der Waals surface area contributed by atoms with Gasteiger partial charge in [-0.1, -0.05) is 72.3 Å². The maximum atomic E-state index is 9.75. The average molecular weight is 421 g/mol. The summed E-state index contributed by atoms with van der Waals surface area (Å²) in [5.41, 5.74) is 4.71. The minimum Gasteiger partial charge on any atom is -0.390 e. The minimum atomic E-state index is -0.155. The van der Waals surface area contributed by atoms with E-state index in [0.717, 1.165) is 28.1 Å². The molecule has 0 saturated carbocycles. The zero-order valence-electron chi connectivity index (χ0n) is 16.5. The Morgan fingerprint density at radius 1 is 1.10 bits per heavy atom. The first-order valence-electron chi connectivity index (χ1n) is 9.59. The van der Waals surface area contributed by atoms with Gasteiger partial charge in [0.15, 0.2) is 5.15 Å². The van der Waals surface area contributed by atoms with Crippen molar-refractivity contribution in [3.8, 4) is 22.5 Å².